The maximum absolute atomic E-state index is 12.4. The highest BCUT2D eigenvalue weighted by Crippen LogP contribution is 2.19. The molecule has 0 fully saturated rings. The predicted molar refractivity (Wildman–Crippen MR) is 77.8 cm³/mol. The monoisotopic (exact) mass is 270 g/mol. The molecule has 0 radical (unpaired) electrons. The molecule has 104 valence electrons. The minimum absolute atomic E-state index is 0.0853. The third-order valence-electron chi connectivity index (χ3n) is 3.64. The third kappa shape index (κ3) is 2.44. The van der Waals surface area contributed by atoms with Crippen LogP contribution in [0.25, 0.3) is 0 Å². The van der Waals surface area contributed by atoms with E-state index in [0.29, 0.717) is 5.82 Å². The van der Waals surface area contributed by atoms with Gasteiger partial charge in [0, 0.05) is 23.9 Å². The minimum atomic E-state index is -0.0853. The lowest BCUT2D eigenvalue weighted by molar-refractivity contribution is 0.102. The number of aryl methyl sites for hydroxylation is 1. The first-order valence-electron chi connectivity index (χ1n) is 6.95. The summed E-state index contributed by atoms with van der Waals surface area (Å²) in [5.41, 5.74) is 4.12. The average Bonchev–Trinajstić information content (AvgIpc) is 2.94. The molecule has 1 aromatic carbocycles. The maximum atomic E-state index is 12.4. The van der Waals surface area contributed by atoms with Gasteiger partial charge < -0.3 is 10.6 Å². The van der Waals surface area contributed by atoms with Crippen molar-refractivity contribution in [1.29, 1.82) is 0 Å². The lowest BCUT2D eigenvalue weighted by Gasteiger charge is -2.19. The van der Waals surface area contributed by atoms with Gasteiger partial charge in [-0.25, -0.2) is 0 Å². The zero-order valence-electron chi connectivity index (χ0n) is 11.5. The van der Waals surface area contributed by atoms with Gasteiger partial charge in [0.1, 0.15) is 0 Å². The minimum Gasteiger partial charge on any atom is -0.312 e. The number of carbonyl (C=O) groups excluding carboxylic acids is 1. The van der Waals surface area contributed by atoms with Gasteiger partial charge in [-0.3, -0.25) is 9.89 Å². The highest BCUT2D eigenvalue weighted by atomic mass is 16.1. The van der Waals surface area contributed by atoms with E-state index in [-0.39, 0.29) is 5.91 Å². The molecule has 2 heterocycles. The number of hydrogen-bond donors (Lipinski definition) is 3. The van der Waals surface area contributed by atoms with Crippen LogP contribution in [0.2, 0.25) is 0 Å². The first kappa shape index (κ1) is 12.9. The zero-order chi connectivity index (χ0) is 13.9. The molecule has 1 aliphatic rings. The molecule has 0 unspecified atom stereocenters. The number of hydrogen-bond acceptors (Lipinski definition) is 3. The molecule has 1 aromatic heterocycles. The van der Waals surface area contributed by atoms with E-state index >= 15 is 0 Å². The predicted octanol–water partition coefficient (Wildman–Crippen LogP) is 1.87. The summed E-state index contributed by atoms with van der Waals surface area (Å²) < 4.78 is 0. The summed E-state index contributed by atoms with van der Waals surface area (Å²) in [5.74, 6) is 0.497. The van der Waals surface area contributed by atoms with Crippen LogP contribution in [0.1, 0.15) is 34.1 Å². The number of aromatic nitrogens is 2. The Balaban J connectivity index is 1.83. The topological polar surface area (TPSA) is 69.8 Å². The molecule has 20 heavy (non-hydrogen) atoms. The summed E-state index contributed by atoms with van der Waals surface area (Å²) in [7, 11) is 0. The number of carbonyl (C=O) groups is 1. The van der Waals surface area contributed by atoms with Gasteiger partial charge in [0.25, 0.3) is 5.91 Å². The van der Waals surface area contributed by atoms with Crippen molar-refractivity contribution >= 4 is 11.7 Å². The molecule has 3 rings (SSSR count). The van der Waals surface area contributed by atoms with Gasteiger partial charge in [0.05, 0.1) is 0 Å². The van der Waals surface area contributed by atoms with Crippen LogP contribution in [-0.2, 0) is 19.4 Å². The molecule has 1 aliphatic heterocycles. The van der Waals surface area contributed by atoms with Crippen LogP contribution in [0, 0.1) is 0 Å². The molecule has 5 heteroatoms. The Bertz CT molecular complexity index is 633. The van der Waals surface area contributed by atoms with Crippen molar-refractivity contribution < 1.29 is 4.79 Å². The molecule has 0 aliphatic carbocycles. The first-order valence-corrected chi connectivity index (χ1v) is 6.95. The summed E-state index contributed by atoms with van der Waals surface area (Å²) in [6.07, 6.45) is 1.76. The van der Waals surface area contributed by atoms with E-state index < -0.39 is 0 Å². The van der Waals surface area contributed by atoms with Gasteiger partial charge in [0.2, 0.25) is 0 Å². The second kappa shape index (κ2) is 5.46. The number of benzene rings is 1. The summed E-state index contributed by atoms with van der Waals surface area (Å²) in [6, 6.07) is 7.76. The Labute approximate surface area is 117 Å². The Hall–Kier alpha value is -2.14. The van der Waals surface area contributed by atoms with E-state index in [1.165, 1.54) is 5.56 Å². The Morgan fingerprint density at radius 2 is 2.35 bits per heavy atom. The number of fused-ring (bicyclic) bond motifs is 1. The molecular weight excluding hydrogens is 252 g/mol. The molecule has 0 bridgehead atoms. The van der Waals surface area contributed by atoms with Gasteiger partial charge in [-0.05, 0) is 36.6 Å². The van der Waals surface area contributed by atoms with Crippen LogP contribution in [-0.4, -0.2) is 22.6 Å². The van der Waals surface area contributed by atoms with Crippen molar-refractivity contribution in [1.82, 2.24) is 15.5 Å². The van der Waals surface area contributed by atoms with E-state index in [2.05, 4.69) is 26.9 Å². The van der Waals surface area contributed by atoms with E-state index in [1.54, 1.807) is 0 Å². The fourth-order valence-electron chi connectivity index (χ4n) is 2.54. The first-order chi connectivity index (χ1) is 9.78. The van der Waals surface area contributed by atoms with Crippen LogP contribution in [0.15, 0.2) is 24.3 Å². The van der Waals surface area contributed by atoms with Crippen LogP contribution >= 0.6 is 0 Å². The van der Waals surface area contributed by atoms with Crippen LogP contribution in [0.4, 0.5) is 5.82 Å². The smallest absolute Gasteiger partial charge is 0.257 e. The number of H-pyrrole nitrogens is 1. The summed E-state index contributed by atoms with van der Waals surface area (Å²) in [5, 5.41) is 13.2. The molecule has 0 spiro atoms. The van der Waals surface area contributed by atoms with Crippen molar-refractivity contribution in [3.8, 4) is 0 Å². The second-order valence-corrected chi connectivity index (χ2v) is 4.96. The van der Waals surface area contributed by atoms with Crippen molar-refractivity contribution in [3.05, 3.63) is 46.6 Å². The largest absolute Gasteiger partial charge is 0.312 e. The highest BCUT2D eigenvalue weighted by Gasteiger charge is 2.17. The molecule has 3 N–H and O–H groups in total. The average molecular weight is 270 g/mol. The fraction of sp³-hybridized carbons (Fsp3) is 0.333. The highest BCUT2D eigenvalue weighted by molar-refractivity contribution is 6.05. The lowest BCUT2D eigenvalue weighted by Crippen LogP contribution is -2.26. The number of nitrogens with one attached hydrogen (secondary N) is 3. The Morgan fingerprint density at radius 3 is 3.15 bits per heavy atom. The molecule has 0 atom stereocenters. The zero-order valence-corrected chi connectivity index (χ0v) is 11.5. The number of nitrogens with zero attached hydrogens (tertiary/aromatic N) is 1. The van der Waals surface area contributed by atoms with Gasteiger partial charge in [0.15, 0.2) is 5.82 Å². The van der Waals surface area contributed by atoms with E-state index in [9.17, 15) is 4.79 Å². The van der Waals surface area contributed by atoms with E-state index in [1.807, 2.05) is 25.1 Å². The summed E-state index contributed by atoms with van der Waals surface area (Å²) in [4.78, 5) is 12.4. The van der Waals surface area contributed by atoms with Crippen molar-refractivity contribution in [2.45, 2.75) is 26.3 Å². The molecule has 1 amide bonds. The standard InChI is InChI=1S/C15H18N4O/c1-2-11-8-14(19-18-11)17-15(20)13-5-3-4-10-9-16-7-6-12(10)13/h3-5,8,16H,2,6-7,9H2,1H3,(H2,17,18,19,20). The summed E-state index contributed by atoms with van der Waals surface area (Å²) >= 11 is 0. The molecule has 0 saturated carbocycles. The lowest BCUT2D eigenvalue weighted by atomic mass is 9.95. The van der Waals surface area contributed by atoms with Gasteiger partial charge >= 0.3 is 0 Å². The maximum Gasteiger partial charge on any atom is 0.257 e. The van der Waals surface area contributed by atoms with Crippen molar-refractivity contribution in [2.24, 2.45) is 0 Å². The number of amides is 1. The second-order valence-electron chi connectivity index (χ2n) is 4.96. The van der Waals surface area contributed by atoms with Crippen LogP contribution in [0.3, 0.4) is 0 Å². The van der Waals surface area contributed by atoms with Gasteiger partial charge in [-0.2, -0.15) is 5.10 Å². The normalized spacial score (nSPS) is 13.8. The third-order valence-corrected chi connectivity index (χ3v) is 3.64. The van der Waals surface area contributed by atoms with Crippen molar-refractivity contribution in [3.63, 3.8) is 0 Å². The number of rotatable bonds is 3. The summed E-state index contributed by atoms with van der Waals surface area (Å²) in [6.45, 7) is 3.79. The fourth-order valence-corrected chi connectivity index (χ4v) is 2.54. The molecule has 0 saturated heterocycles. The number of aromatic amines is 1. The van der Waals surface area contributed by atoms with Crippen molar-refractivity contribution in [2.75, 3.05) is 11.9 Å². The quantitative estimate of drug-likeness (QED) is 0.797. The Kier molecular flexibility index (Phi) is 3.52. The molecule has 5 nitrogen and oxygen atoms in total. The van der Waals surface area contributed by atoms with E-state index in [4.69, 9.17) is 0 Å². The molecule has 2 aromatic rings. The van der Waals surface area contributed by atoms with Gasteiger partial charge in [-0.1, -0.05) is 19.1 Å². The SMILES string of the molecule is CCc1cc(NC(=O)c2cccc3c2CCNC3)n[nH]1. The van der Waals surface area contributed by atoms with Crippen LogP contribution in [0.5, 0.6) is 0 Å². The van der Waals surface area contributed by atoms with Gasteiger partial charge in [-0.15, -0.1) is 0 Å². The number of anilines is 1. The van der Waals surface area contributed by atoms with Crippen LogP contribution < -0.4 is 10.6 Å². The Morgan fingerprint density at radius 1 is 1.45 bits per heavy atom. The molecular formula is C15H18N4O. The van der Waals surface area contributed by atoms with E-state index in [0.717, 1.165) is 42.8 Å².